The van der Waals surface area contributed by atoms with Gasteiger partial charge in [0.05, 0.1) is 6.61 Å². The van der Waals surface area contributed by atoms with Gasteiger partial charge in [-0.15, -0.1) is 0 Å². The first kappa shape index (κ1) is 22.1. The highest BCUT2D eigenvalue weighted by molar-refractivity contribution is 6.38. The SMILES string of the molecule is CCCCCCCCCC(=O)C(=O)[C@H](O)[C@@H](O)[C@H](O)[C@H](O)CO. The Bertz CT molecular complexity index is 345. The molecular weight excluding hydrogens is 304 g/mol. The lowest BCUT2D eigenvalue weighted by molar-refractivity contribution is -0.154. The minimum Gasteiger partial charge on any atom is -0.394 e. The summed E-state index contributed by atoms with van der Waals surface area (Å²) >= 11 is 0. The van der Waals surface area contributed by atoms with E-state index >= 15 is 0 Å². The maximum Gasteiger partial charge on any atom is 0.229 e. The minimum absolute atomic E-state index is 0.0188. The Kier molecular flexibility index (Phi) is 12.1. The van der Waals surface area contributed by atoms with E-state index in [1.165, 1.54) is 6.42 Å². The van der Waals surface area contributed by atoms with Crippen LogP contribution in [0.5, 0.6) is 0 Å². The Hall–Kier alpha value is -0.860. The van der Waals surface area contributed by atoms with Crippen LogP contribution >= 0.6 is 0 Å². The molecular formula is C16H30O7. The largest absolute Gasteiger partial charge is 0.394 e. The topological polar surface area (TPSA) is 135 Å². The first-order chi connectivity index (χ1) is 10.9. The van der Waals surface area contributed by atoms with Crippen molar-refractivity contribution in [3.8, 4) is 0 Å². The zero-order chi connectivity index (χ0) is 17.8. The van der Waals surface area contributed by atoms with Gasteiger partial charge < -0.3 is 25.5 Å². The van der Waals surface area contributed by atoms with Gasteiger partial charge in [-0.2, -0.15) is 0 Å². The monoisotopic (exact) mass is 334 g/mol. The molecule has 0 aromatic rings. The van der Waals surface area contributed by atoms with Gasteiger partial charge in [-0.3, -0.25) is 9.59 Å². The van der Waals surface area contributed by atoms with Crippen molar-refractivity contribution >= 4 is 11.6 Å². The van der Waals surface area contributed by atoms with Crippen LogP contribution in [0.2, 0.25) is 0 Å². The quantitative estimate of drug-likeness (QED) is 0.217. The third-order valence-corrected chi connectivity index (χ3v) is 3.81. The molecule has 0 radical (unpaired) electrons. The molecule has 136 valence electrons. The highest BCUT2D eigenvalue weighted by atomic mass is 16.4. The van der Waals surface area contributed by atoms with Gasteiger partial charge in [0, 0.05) is 6.42 Å². The van der Waals surface area contributed by atoms with Gasteiger partial charge >= 0.3 is 0 Å². The summed E-state index contributed by atoms with van der Waals surface area (Å²) in [5, 5.41) is 46.4. The lowest BCUT2D eigenvalue weighted by Crippen LogP contribution is -2.50. The second kappa shape index (κ2) is 12.5. The zero-order valence-electron chi connectivity index (χ0n) is 13.7. The molecule has 0 saturated heterocycles. The molecule has 0 aliphatic rings. The molecule has 0 saturated carbocycles. The number of ketones is 2. The first-order valence-electron chi connectivity index (χ1n) is 8.26. The number of Topliss-reactive ketones (excluding diaryl/α,β-unsaturated/α-hetero) is 2. The van der Waals surface area contributed by atoms with Crippen molar-refractivity contribution in [3.05, 3.63) is 0 Å². The van der Waals surface area contributed by atoms with E-state index in [1.54, 1.807) is 0 Å². The standard InChI is InChI=1S/C16H30O7/c1-2-3-4-5-6-7-8-9-11(18)13(20)15(22)16(23)14(21)12(19)10-17/h12,14-17,19,21-23H,2-10H2,1H3/t12-,14-,15+,16+/m1/s1. The number of carbonyl (C=O) groups is 2. The molecule has 5 N–H and O–H groups in total. The number of rotatable bonds is 14. The first-order valence-corrected chi connectivity index (χ1v) is 8.26. The highest BCUT2D eigenvalue weighted by Crippen LogP contribution is 2.11. The Morgan fingerprint density at radius 1 is 0.826 bits per heavy atom. The summed E-state index contributed by atoms with van der Waals surface area (Å²) in [6.45, 7) is 1.28. The predicted molar refractivity (Wildman–Crippen MR) is 83.7 cm³/mol. The fourth-order valence-corrected chi connectivity index (χ4v) is 2.21. The van der Waals surface area contributed by atoms with E-state index < -0.39 is 42.6 Å². The van der Waals surface area contributed by atoms with Gasteiger partial charge in [0.25, 0.3) is 0 Å². The molecule has 0 spiro atoms. The van der Waals surface area contributed by atoms with E-state index in [2.05, 4.69) is 6.92 Å². The lowest BCUT2D eigenvalue weighted by atomic mass is 9.96. The fourth-order valence-electron chi connectivity index (χ4n) is 2.21. The molecule has 23 heavy (non-hydrogen) atoms. The van der Waals surface area contributed by atoms with Crippen LogP contribution in [0.3, 0.4) is 0 Å². The van der Waals surface area contributed by atoms with Crippen molar-refractivity contribution in [1.29, 1.82) is 0 Å². The van der Waals surface area contributed by atoms with Crippen LogP contribution in [-0.4, -0.2) is 68.1 Å². The average molecular weight is 334 g/mol. The summed E-state index contributed by atoms with van der Waals surface area (Å²) in [6, 6.07) is 0. The van der Waals surface area contributed by atoms with Crippen LogP contribution in [0.4, 0.5) is 0 Å². The molecule has 0 aromatic heterocycles. The van der Waals surface area contributed by atoms with Gasteiger partial charge in [-0.25, -0.2) is 0 Å². The van der Waals surface area contributed by atoms with E-state index in [-0.39, 0.29) is 6.42 Å². The number of aliphatic hydroxyl groups is 5. The van der Waals surface area contributed by atoms with Gasteiger partial charge in [-0.05, 0) is 6.42 Å². The lowest BCUT2D eigenvalue weighted by Gasteiger charge is -2.24. The summed E-state index contributed by atoms with van der Waals surface area (Å²) in [7, 11) is 0. The molecule has 0 fully saturated rings. The van der Waals surface area contributed by atoms with Crippen molar-refractivity contribution in [2.45, 2.75) is 82.7 Å². The van der Waals surface area contributed by atoms with Gasteiger partial charge in [0.1, 0.15) is 24.4 Å². The Morgan fingerprint density at radius 3 is 1.87 bits per heavy atom. The summed E-state index contributed by atoms with van der Waals surface area (Å²) in [5.41, 5.74) is 0. The molecule has 4 atom stereocenters. The second-order valence-corrected chi connectivity index (χ2v) is 5.83. The van der Waals surface area contributed by atoms with Crippen molar-refractivity contribution in [1.82, 2.24) is 0 Å². The molecule has 0 aliphatic heterocycles. The van der Waals surface area contributed by atoms with Gasteiger partial charge in [0.2, 0.25) is 11.6 Å². The maximum absolute atomic E-state index is 11.7. The van der Waals surface area contributed by atoms with Gasteiger partial charge in [0.15, 0.2) is 0 Å². The molecule has 0 bridgehead atoms. The molecule has 0 aliphatic carbocycles. The van der Waals surface area contributed by atoms with Crippen molar-refractivity contribution in [2.75, 3.05) is 6.61 Å². The van der Waals surface area contributed by atoms with E-state index in [0.717, 1.165) is 32.1 Å². The zero-order valence-corrected chi connectivity index (χ0v) is 13.7. The number of aliphatic hydroxyl groups excluding tert-OH is 5. The third kappa shape index (κ3) is 8.53. The summed E-state index contributed by atoms with van der Waals surface area (Å²) < 4.78 is 0. The van der Waals surface area contributed by atoms with Crippen LogP contribution in [0, 0.1) is 0 Å². The predicted octanol–water partition coefficient (Wildman–Crippen LogP) is -0.299. The molecule has 0 heterocycles. The Morgan fingerprint density at radius 2 is 1.35 bits per heavy atom. The summed E-state index contributed by atoms with van der Waals surface area (Å²) in [5.74, 6) is -2.00. The van der Waals surface area contributed by atoms with Crippen LogP contribution in [-0.2, 0) is 9.59 Å². The summed E-state index contributed by atoms with van der Waals surface area (Å²) in [6.07, 6.45) is -0.866. The Balaban J connectivity index is 4.10. The number of hydrogen-bond donors (Lipinski definition) is 5. The molecule has 0 unspecified atom stereocenters. The summed E-state index contributed by atoms with van der Waals surface area (Å²) in [4.78, 5) is 23.4. The van der Waals surface area contributed by atoms with E-state index in [1.807, 2.05) is 0 Å². The van der Waals surface area contributed by atoms with Crippen molar-refractivity contribution in [3.63, 3.8) is 0 Å². The average Bonchev–Trinajstić information content (AvgIpc) is 2.57. The molecule has 7 heteroatoms. The molecule has 7 nitrogen and oxygen atoms in total. The van der Waals surface area contributed by atoms with Crippen molar-refractivity contribution < 1.29 is 35.1 Å². The van der Waals surface area contributed by atoms with E-state index in [4.69, 9.17) is 10.2 Å². The smallest absolute Gasteiger partial charge is 0.229 e. The molecule has 0 amide bonds. The van der Waals surface area contributed by atoms with Crippen LogP contribution in [0.25, 0.3) is 0 Å². The highest BCUT2D eigenvalue weighted by Gasteiger charge is 2.36. The number of unbranched alkanes of at least 4 members (excludes halogenated alkanes) is 6. The van der Waals surface area contributed by atoms with Gasteiger partial charge in [-0.1, -0.05) is 45.4 Å². The molecule has 0 rings (SSSR count). The fraction of sp³-hybridized carbons (Fsp3) is 0.875. The van der Waals surface area contributed by atoms with Crippen LogP contribution in [0.15, 0.2) is 0 Å². The van der Waals surface area contributed by atoms with Crippen LogP contribution in [0.1, 0.15) is 58.3 Å². The molecule has 0 aromatic carbocycles. The van der Waals surface area contributed by atoms with Crippen LogP contribution < -0.4 is 0 Å². The maximum atomic E-state index is 11.7. The van der Waals surface area contributed by atoms with Crippen molar-refractivity contribution in [2.24, 2.45) is 0 Å². The minimum atomic E-state index is -2.11. The second-order valence-electron chi connectivity index (χ2n) is 5.83. The van der Waals surface area contributed by atoms with E-state index in [0.29, 0.717) is 6.42 Å². The van der Waals surface area contributed by atoms with E-state index in [9.17, 15) is 24.9 Å². The normalized spacial score (nSPS) is 16.6. The Labute approximate surface area is 137 Å². The third-order valence-electron chi connectivity index (χ3n) is 3.81. The number of hydrogen-bond acceptors (Lipinski definition) is 7. The number of carbonyl (C=O) groups excluding carboxylic acids is 2.